The number of ether oxygens (including phenoxy) is 6. The first-order valence-electron chi connectivity index (χ1n) is 14.4. The number of methoxy groups -OCH3 is 2. The highest BCUT2D eigenvalue weighted by Gasteiger charge is 2.53. The first-order chi connectivity index (χ1) is 21.4. The minimum atomic E-state index is -0.565. The van der Waals surface area contributed by atoms with Gasteiger partial charge in [0.25, 0.3) is 0 Å². The van der Waals surface area contributed by atoms with E-state index in [1.54, 1.807) is 17.6 Å². The monoisotopic (exact) mass is 606 g/mol. The fourth-order valence-corrected chi connectivity index (χ4v) is 6.35. The maximum absolute atomic E-state index is 13.5. The molecule has 0 bridgehead atoms. The van der Waals surface area contributed by atoms with Crippen LogP contribution >= 0.6 is 0 Å². The number of rotatable bonds is 11. The summed E-state index contributed by atoms with van der Waals surface area (Å²) in [5.41, 5.74) is 4.86. The van der Waals surface area contributed by atoms with Crippen molar-refractivity contribution in [3.63, 3.8) is 0 Å². The van der Waals surface area contributed by atoms with Crippen LogP contribution in [0.3, 0.4) is 0 Å². The van der Waals surface area contributed by atoms with E-state index in [0.29, 0.717) is 36.7 Å². The van der Waals surface area contributed by atoms with Gasteiger partial charge in [-0.05, 0) is 65.9 Å². The molecule has 3 aromatic rings. The number of para-hydroxylation sites is 2. The summed E-state index contributed by atoms with van der Waals surface area (Å²) in [5, 5.41) is 22.9. The molecule has 3 aromatic carbocycles. The molecular weight excluding hydrogens is 572 g/mol. The number of fused-ring (bicyclic) bond motifs is 3. The van der Waals surface area contributed by atoms with Crippen molar-refractivity contribution in [1.29, 1.82) is 0 Å². The summed E-state index contributed by atoms with van der Waals surface area (Å²) in [5.74, 6) is 0.0959. The summed E-state index contributed by atoms with van der Waals surface area (Å²) in [6, 6.07) is 14.5. The Balaban J connectivity index is 1.38. The minimum Gasteiger partial charge on any atom is -0.502 e. The molecule has 4 atom stereocenters. The number of carbonyl (C=O) groups excluding carboxylic acids is 2. The van der Waals surface area contributed by atoms with Crippen LogP contribution in [0.25, 0.3) is 0 Å². The fourth-order valence-electron chi connectivity index (χ4n) is 6.35. The van der Waals surface area contributed by atoms with Gasteiger partial charge in [-0.25, -0.2) is 5.48 Å². The van der Waals surface area contributed by atoms with E-state index < -0.39 is 17.7 Å². The van der Waals surface area contributed by atoms with Crippen molar-refractivity contribution in [2.24, 2.45) is 11.8 Å². The van der Waals surface area contributed by atoms with Crippen molar-refractivity contribution in [2.45, 2.75) is 31.2 Å². The first-order valence-corrected chi connectivity index (χ1v) is 14.4. The number of nitrogens with one attached hydrogen (secondary N) is 2. The van der Waals surface area contributed by atoms with E-state index in [1.807, 2.05) is 36.4 Å². The molecule has 3 aliphatic rings. The zero-order chi connectivity index (χ0) is 30.8. The predicted molar refractivity (Wildman–Crippen MR) is 156 cm³/mol. The third-order valence-corrected chi connectivity index (χ3v) is 8.43. The van der Waals surface area contributed by atoms with Crippen LogP contribution in [0.2, 0.25) is 0 Å². The Morgan fingerprint density at radius 3 is 2.36 bits per heavy atom. The molecule has 12 nitrogen and oxygen atoms in total. The number of esters is 1. The van der Waals surface area contributed by atoms with E-state index in [2.05, 4.69) is 5.32 Å². The SMILES string of the molecule is COc1cc([C@@H]2c3cc4c(cc3[C@@H](Nc3ccccc3OCCCCC(=O)NO)[C@@H]3COC(=O)[C@@H]23)OCO4)cc(OC)c1O. The van der Waals surface area contributed by atoms with Gasteiger partial charge in [0, 0.05) is 18.3 Å². The fraction of sp³-hybridized carbons (Fsp3) is 0.375. The van der Waals surface area contributed by atoms with E-state index >= 15 is 0 Å². The topological polar surface area (TPSA) is 154 Å². The number of hydrogen-bond acceptors (Lipinski definition) is 11. The van der Waals surface area contributed by atoms with Crippen LogP contribution in [0, 0.1) is 11.8 Å². The lowest BCUT2D eigenvalue weighted by Gasteiger charge is -2.40. The molecule has 0 spiro atoms. The molecule has 12 heteroatoms. The lowest BCUT2D eigenvalue weighted by Crippen LogP contribution is -2.37. The van der Waals surface area contributed by atoms with E-state index in [1.165, 1.54) is 14.2 Å². The van der Waals surface area contributed by atoms with Gasteiger partial charge in [-0.15, -0.1) is 0 Å². The van der Waals surface area contributed by atoms with Gasteiger partial charge >= 0.3 is 5.97 Å². The van der Waals surface area contributed by atoms with Crippen LogP contribution < -0.4 is 34.5 Å². The van der Waals surface area contributed by atoms with Gasteiger partial charge in [0.05, 0.1) is 45.1 Å². The van der Waals surface area contributed by atoms with Gasteiger partial charge in [0.2, 0.25) is 18.4 Å². The van der Waals surface area contributed by atoms with E-state index in [0.717, 1.165) is 22.4 Å². The van der Waals surface area contributed by atoms with Crippen molar-refractivity contribution in [3.8, 4) is 34.5 Å². The summed E-state index contributed by atoms with van der Waals surface area (Å²) in [7, 11) is 2.92. The zero-order valence-electron chi connectivity index (χ0n) is 24.3. The molecule has 4 N–H and O–H groups in total. The molecule has 1 fully saturated rings. The highest BCUT2D eigenvalue weighted by molar-refractivity contribution is 5.79. The summed E-state index contributed by atoms with van der Waals surface area (Å²) >= 11 is 0. The standard InChI is InChI=1S/C32H34N2O10/c1-39-25-11-17(12-26(40-2)31(25)36)28-18-13-23-24(44-16-43-23)14-19(18)30(20-15-42-32(37)29(20)28)33-21-7-3-4-8-22(21)41-10-6-5-9-27(35)34-38/h3-4,7-8,11-14,20,28-30,33,36,38H,5-6,9-10,15-16H2,1-2H3,(H,34,35)/t20-,28-,29-,30-/m1/s1. The number of cyclic esters (lactones) is 1. The number of carbonyl (C=O) groups is 2. The third kappa shape index (κ3) is 5.37. The van der Waals surface area contributed by atoms with Gasteiger partial charge in [0.15, 0.2) is 23.0 Å². The van der Waals surface area contributed by atoms with Crippen molar-refractivity contribution >= 4 is 17.6 Å². The number of phenolic OH excluding ortho intramolecular Hbond substituents is 1. The average molecular weight is 607 g/mol. The smallest absolute Gasteiger partial charge is 0.310 e. The minimum absolute atomic E-state index is 0.0907. The van der Waals surface area contributed by atoms with Crippen LogP contribution in [0.15, 0.2) is 48.5 Å². The number of benzene rings is 3. The molecule has 1 saturated heterocycles. The first kappa shape index (κ1) is 29.2. The molecule has 232 valence electrons. The Kier molecular flexibility index (Phi) is 8.25. The Hall–Kier alpha value is -4.84. The summed E-state index contributed by atoms with van der Waals surface area (Å²) in [6.07, 6.45) is 1.38. The Labute approximate surface area is 253 Å². The maximum Gasteiger partial charge on any atom is 0.310 e. The molecule has 0 radical (unpaired) electrons. The van der Waals surface area contributed by atoms with Crippen LogP contribution in [-0.2, 0) is 14.3 Å². The Bertz CT molecular complexity index is 1530. The Morgan fingerprint density at radius 2 is 1.66 bits per heavy atom. The summed E-state index contributed by atoms with van der Waals surface area (Å²) < 4.78 is 34.2. The van der Waals surface area contributed by atoms with Crippen molar-refractivity contribution in [2.75, 3.05) is 39.5 Å². The molecule has 1 amide bonds. The summed E-state index contributed by atoms with van der Waals surface area (Å²) in [4.78, 5) is 24.8. The second-order valence-electron chi connectivity index (χ2n) is 10.9. The highest BCUT2D eigenvalue weighted by Crippen LogP contribution is 2.56. The molecule has 44 heavy (non-hydrogen) atoms. The van der Waals surface area contributed by atoms with Crippen LogP contribution in [0.1, 0.15) is 47.9 Å². The number of unbranched alkanes of at least 4 members (excludes halogenated alkanes) is 1. The quantitative estimate of drug-likeness (QED) is 0.107. The number of amides is 1. The van der Waals surface area contributed by atoms with E-state index in [-0.39, 0.29) is 55.0 Å². The molecule has 0 unspecified atom stereocenters. The van der Waals surface area contributed by atoms with E-state index in [4.69, 9.17) is 33.6 Å². The molecule has 2 aliphatic heterocycles. The Morgan fingerprint density at radius 1 is 0.955 bits per heavy atom. The number of hydroxylamine groups is 1. The molecular formula is C32H34N2O10. The summed E-state index contributed by atoms with van der Waals surface area (Å²) in [6.45, 7) is 0.665. The zero-order valence-corrected chi connectivity index (χ0v) is 24.3. The second-order valence-corrected chi connectivity index (χ2v) is 10.9. The maximum atomic E-state index is 13.5. The lowest BCUT2D eigenvalue weighted by atomic mass is 9.65. The molecule has 2 heterocycles. The van der Waals surface area contributed by atoms with Gasteiger partial charge in [-0.1, -0.05) is 12.1 Å². The third-order valence-electron chi connectivity index (χ3n) is 8.43. The molecule has 6 rings (SSSR count). The van der Waals surface area contributed by atoms with Crippen LogP contribution in [0.5, 0.6) is 34.5 Å². The predicted octanol–water partition coefficient (Wildman–Crippen LogP) is 4.28. The van der Waals surface area contributed by atoms with E-state index in [9.17, 15) is 14.7 Å². The number of aromatic hydroxyl groups is 1. The number of hydrogen-bond donors (Lipinski definition) is 4. The van der Waals surface area contributed by atoms with Gasteiger partial charge in [-0.2, -0.15) is 0 Å². The van der Waals surface area contributed by atoms with Crippen molar-refractivity contribution in [3.05, 3.63) is 65.2 Å². The molecule has 1 aliphatic carbocycles. The van der Waals surface area contributed by atoms with Gasteiger partial charge in [0.1, 0.15) is 5.75 Å². The average Bonchev–Trinajstić information content (AvgIpc) is 3.66. The molecule has 0 saturated carbocycles. The van der Waals surface area contributed by atoms with Crippen LogP contribution in [-0.4, -0.2) is 56.4 Å². The lowest BCUT2D eigenvalue weighted by molar-refractivity contribution is -0.141. The number of phenols is 1. The second kappa shape index (κ2) is 12.4. The normalized spacial score (nSPS) is 21.1. The van der Waals surface area contributed by atoms with Crippen LogP contribution in [0.4, 0.5) is 5.69 Å². The van der Waals surface area contributed by atoms with Crippen molar-refractivity contribution < 1.29 is 48.3 Å². The van der Waals surface area contributed by atoms with Gasteiger partial charge in [-0.3, -0.25) is 14.8 Å². The largest absolute Gasteiger partial charge is 0.502 e. The van der Waals surface area contributed by atoms with Gasteiger partial charge < -0.3 is 38.8 Å². The highest BCUT2D eigenvalue weighted by atomic mass is 16.7. The number of anilines is 1. The van der Waals surface area contributed by atoms with Crippen molar-refractivity contribution in [1.82, 2.24) is 5.48 Å². The molecule has 0 aromatic heterocycles.